The Labute approximate surface area is 163 Å². The predicted molar refractivity (Wildman–Crippen MR) is 105 cm³/mol. The molecule has 142 valence electrons. The first kappa shape index (κ1) is 18.3. The smallest absolute Gasteiger partial charge is 0.246 e. The molecule has 1 aromatic heterocycles. The summed E-state index contributed by atoms with van der Waals surface area (Å²) in [7, 11) is -2.21. The molecule has 1 fully saturated rings. The Hall–Kier alpha value is -2.09. The van der Waals surface area contributed by atoms with Crippen LogP contribution < -0.4 is 4.74 Å². The highest BCUT2D eigenvalue weighted by atomic mass is 35.5. The molecule has 1 aliphatic rings. The van der Waals surface area contributed by atoms with E-state index in [1.165, 1.54) is 17.5 Å². The number of fused-ring (bicyclic) bond motifs is 1. The number of rotatable bonds is 4. The monoisotopic (exact) mass is 405 g/mol. The van der Waals surface area contributed by atoms with E-state index in [0.717, 1.165) is 16.9 Å². The molecule has 0 spiro atoms. The maximum Gasteiger partial charge on any atom is 0.246 e. The molecule has 8 heteroatoms. The van der Waals surface area contributed by atoms with Crippen molar-refractivity contribution in [3.63, 3.8) is 0 Å². The normalized spacial score (nSPS) is 16.7. The summed E-state index contributed by atoms with van der Waals surface area (Å²) >= 11 is 6.01. The lowest BCUT2D eigenvalue weighted by molar-refractivity contribution is 0.312. The molecule has 2 heterocycles. The Morgan fingerprint density at radius 2 is 1.93 bits per heavy atom. The van der Waals surface area contributed by atoms with Gasteiger partial charge in [0.2, 0.25) is 10.0 Å². The van der Waals surface area contributed by atoms with E-state index in [1.54, 1.807) is 12.1 Å². The minimum absolute atomic E-state index is 0.111. The molecule has 0 radical (unpaired) electrons. The highest BCUT2D eigenvalue weighted by molar-refractivity contribution is 7.89. The van der Waals surface area contributed by atoms with Gasteiger partial charge in [-0.15, -0.1) is 0 Å². The van der Waals surface area contributed by atoms with Gasteiger partial charge in [-0.05, 0) is 43.2 Å². The summed E-state index contributed by atoms with van der Waals surface area (Å²) in [5, 5.41) is 0.367. The van der Waals surface area contributed by atoms with Crippen LogP contribution in [0.3, 0.4) is 0 Å². The fraction of sp³-hybridized carbons (Fsp3) is 0.316. The number of benzene rings is 2. The Bertz CT molecular complexity index is 1040. The maximum atomic E-state index is 13.1. The van der Waals surface area contributed by atoms with E-state index in [0.29, 0.717) is 36.7 Å². The van der Waals surface area contributed by atoms with E-state index in [9.17, 15) is 8.42 Å². The van der Waals surface area contributed by atoms with Crippen molar-refractivity contribution in [2.75, 3.05) is 20.2 Å². The Balaban J connectivity index is 1.54. The number of methoxy groups -OCH3 is 1. The second-order valence-corrected chi connectivity index (χ2v) is 8.96. The van der Waals surface area contributed by atoms with Gasteiger partial charge in [-0.1, -0.05) is 23.7 Å². The Morgan fingerprint density at radius 3 is 2.63 bits per heavy atom. The number of hydrogen-bond donors (Lipinski definition) is 1. The highest BCUT2D eigenvalue weighted by Crippen LogP contribution is 2.34. The van der Waals surface area contributed by atoms with Crippen molar-refractivity contribution < 1.29 is 13.2 Å². The average Bonchev–Trinajstić information content (AvgIpc) is 3.12. The average molecular weight is 406 g/mol. The number of sulfonamides is 1. The topological polar surface area (TPSA) is 75.3 Å². The second kappa shape index (κ2) is 7.14. The number of aromatic nitrogens is 2. The molecule has 4 rings (SSSR count). The highest BCUT2D eigenvalue weighted by Gasteiger charge is 2.33. The standard InChI is InChI=1S/C19H20ClN3O3S/c1-26-17-7-6-14(20)12-18(17)27(24,25)23-10-8-13(9-11-23)19-21-15-4-2-3-5-16(15)22-19/h2-7,12-13H,8-11H2,1H3,(H,21,22). The number of nitrogens with zero attached hydrogens (tertiary/aromatic N) is 2. The van der Waals surface area contributed by atoms with Gasteiger partial charge in [0.15, 0.2) is 0 Å². The van der Waals surface area contributed by atoms with E-state index in [-0.39, 0.29) is 10.8 Å². The number of para-hydroxylation sites is 2. The van der Waals surface area contributed by atoms with Crippen LogP contribution in [0.5, 0.6) is 5.75 Å². The summed E-state index contributed by atoms with van der Waals surface area (Å²) in [6, 6.07) is 12.5. The van der Waals surface area contributed by atoms with Crippen LogP contribution in [0, 0.1) is 0 Å². The maximum absolute atomic E-state index is 13.1. The molecule has 0 unspecified atom stereocenters. The van der Waals surface area contributed by atoms with Crippen LogP contribution in [0.4, 0.5) is 0 Å². The fourth-order valence-corrected chi connectivity index (χ4v) is 5.41. The molecule has 2 aromatic carbocycles. The SMILES string of the molecule is COc1ccc(Cl)cc1S(=O)(=O)N1CCC(c2nc3ccccc3[nH]2)CC1. The summed E-state index contributed by atoms with van der Waals surface area (Å²) in [6.07, 6.45) is 1.42. The number of piperidine rings is 1. The summed E-state index contributed by atoms with van der Waals surface area (Å²) in [6.45, 7) is 0.861. The Kier molecular flexibility index (Phi) is 4.84. The largest absolute Gasteiger partial charge is 0.495 e. The zero-order valence-electron chi connectivity index (χ0n) is 14.9. The van der Waals surface area contributed by atoms with Crippen molar-refractivity contribution in [1.29, 1.82) is 0 Å². The summed E-state index contributed by atoms with van der Waals surface area (Å²) in [5.41, 5.74) is 1.94. The van der Waals surface area contributed by atoms with Crippen molar-refractivity contribution in [1.82, 2.24) is 14.3 Å². The lowest BCUT2D eigenvalue weighted by Gasteiger charge is -2.30. The van der Waals surface area contributed by atoms with Crippen molar-refractivity contribution in [2.24, 2.45) is 0 Å². The molecule has 27 heavy (non-hydrogen) atoms. The zero-order valence-corrected chi connectivity index (χ0v) is 16.4. The van der Waals surface area contributed by atoms with Gasteiger partial charge in [0.1, 0.15) is 16.5 Å². The number of aromatic amines is 1. The van der Waals surface area contributed by atoms with E-state index in [4.69, 9.17) is 16.3 Å². The van der Waals surface area contributed by atoms with Crippen molar-refractivity contribution >= 4 is 32.7 Å². The van der Waals surface area contributed by atoms with Crippen LogP contribution >= 0.6 is 11.6 Å². The van der Waals surface area contributed by atoms with Crippen LogP contribution in [-0.2, 0) is 10.0 Å². The molecule has 1 saturated heterocycles. The third-order valence-corrected chi connectivity index (χ3v) is 7.15. The molecule has 0 aliphatic carbocycles. The van der Waals surface area contributed by atoms with Gasteiger partial charge in [0, 0.05) is 24.0 Å². The van der Waals surface area contributed by atoms with E-state index in [1.807, 2.05) is 24.3 Å². The summed E-state index contributed by atoms with van der Waals surface area (Å²) in [4.78, 5) is 8.13. The second-order valence-electron chi connectivity index (χ2n) is 6.61. The number of H-pyrrole nitrogens is 1. The summed E-state index contributed by atoms with van der Waals surface area (Å²) < 4.78 is 32.9. The first-order valence-corrected chi connectivity index (χ1v) is 10.6. The molecule has 0 amide bonds. The number of halogens is 1. The number of imidazole rings is 1. The van der Waals surface area contributed by atoms with Crippen LogP contribution in [0.2, 0.25) is 5.02 Å². The van der Waals surface area contributed by atoms with Crippen LogP contribution in [0.1, 0.15) is 24.6 Å². The quantitative estimate of drug-likeness (QED) is 0.716. The van der Waals surface area contributed by atoms with Crippen molar-refractivity contribution in [3.05, 3.63) is 53.3 Å². The molecule has 0 bridgehead atoms. The van der Waals surface area contributed by atoms with Crippen molar-refractivity contribution in [2.45, 2.75) is 23.7 Å². The van der Waals surface area contributed by atoms with Gasteiger partial charge < -0.3 is 9.72 Å². The van der Waals surface area contributed by atoms with Crippen LogP contribution in [-0.4, -0.2) is 42.9 Å². The van der Waals surface area contributed by atoms with Gasteiger partial charge in [-0.2, -0.15) is 4.31 Å². The van der Waals surface area contributed by atoms with E-state index in [2.05, 4.69) is 9.97 Å². The van der Waals surface area contributed by atoms with Gasteiger partial charge >= 0.3 is 0 Å². The molecule has 6 nitrogen and oxygen atoms in total. The van der Waals surface area contributed by atoms with Crippen LogP contribution in [0.15, 0.2) is 47.4 Å². The third kappa shape index (κ3) is 3.42. The minimum atomic E-state index is -3.66. The van der Waals surface area contributed by atoms with Gasteiger partial charge in [-0.25, -0.2) is 13.4 Å². The molecule has 1 N–H and O–H groups in total. The van der Waals surface area contributed by atoms with E-state index < -0.39 is 10.0 Å². The lowest BCUT2D eigenvalue weighted by Crippen LogP contribution is -2.38. The lowest BCUT2D eigenvalue weighted by atomic mass is 9.97. The number of ether oxygens (including phenoxy) is 1. The number of nitrogens with one attached hydrogen (secondary N) is 1. The zero-order chi connectivity index (χ0) is 19.0. The molecule has 0 saturated carbocycles. The van der Waals surface area contributed by atoms with Crippen molar-refractivity contribution in [3.8, 4) is 5.75 Å². The predicted octanol–water partition coefficient (Wildman–Crippen LogP) is 3.79. The van der Waals surface area contributed by atoms with Gasteiger partial charge in [0.05, 0.1) is 18.1 Å². The minimum Gasteiger partial charge on any atom is -0.495 e. The Morgan fingerprint density at radius 1 is 1.19 bits per heavy atom. The van der Waals surface area contributed by atoms with Crippen LogP contribution in [0.25, 0.3) is 11.0 Å². The molecule has 1 aliphatic heterocycles. The molecular weight excluding hydrogens is 386 g/mol. The first-order chi connectivity index (χ1) is 13.0. The molecular formula is C19H20ClN3O3S. The first-order valence-electron chi connectivity index (χ1n) is 8.77. The number of hydrogen-bond acceptors (Lipinski definition) is 4. The van der Waals surface area contributed by atoms with Gasteiger partial charge in [0.25, 0.3) is 0 Å². The molecule has 0 atom stereocenters. The fourth-order valence-electron chi connectivity index (χ4n) is 3.53. The third-order valence-electron chi connectivity index (χ3n) is 4.99. The molecule has 3 aromatic rings. The van der Waals surface area contributed by atoms with E-state index >= 15 is 0 Å². The summed E-state index contributed by atoms with van der Waals surface area (Å²) in [5.74, 6) is 1.44. The van der Waals surface area contributed by atoms with Gasteiger partial charge in [-0.3, -0.25) is 0 Å².